The third-order valence-corrected chi connectivity index (χ3v) is 3.26. The van der Waals surface area contributed by atoms with Gasteiger partial charge in [0.1, 0.15) is 16.3 Å². The molecule has 0 saturated heterocycles. The number of amides is 1. The number of carbonyl (C=O) groups excluding carboxylic acids is 1. The van der Waals surface area contributed by atoms with E-state index in [-0.39, 0.29) is 0 Å². The highest BCUT2D eigenvalue weighted by atomic mass is 32.2. The van der Waals surface area contributed by atoms with E-state index in [4.69, 9.17) is 5.14 Å². The van der Waals surface area contributed by atoms with Gasteiger partial charge in [0.25, 0.3) is 12.3 Å². The monoisotopic (exact) mass is 314 g/mol. The molecule has 0 unspecified atom stereocenters. The summed E-state index contributed by atoms with van der Waals surface area (Å²) in [5.41, 5.74) is -1.25. The summed E-state index contributed by atoms with van der Waals surface area (Å²) in [5, 5.41) is 4.70. The van der Waals surface area contributed by atoms with Gasteiger partial charge in [0.2, 0.25) is 10.0 Å². The van der Waals surface area contributed by atoms with Crippen molar-refractivity contribution >= 4 is 15.9 Å². The fourth-order valence-electron chi connectivity index (χ4n) is 1.43. The summed E-state index contributed by atoms with van der Waals surface area (Å²) in [6, 6.07) is 1.07. The lowest BCUT2D eigenvalue weighted by molar-refractivity contribution is 0.0611. The number of hydrogen-bond acceptors (Lipinski definition) is 3. The van der Waals surface area contributed by atoms with Gasteiger partial charge in [-0.25, -0.2) is 31.1 Å². The highest BCUT2D eigenvalue weighted by Crippen LogP contribution is 2.21. The van der Waals surface area contributed by atoms with Crippen LogP contribution >= 0.6 is 0 Å². The van der Waals surface area contributed by atoms with Crippen LogP contribution < -0.4 is 5.14 Å². The van der Waals surface area contributed by atoms with Crippen molar-refractivity contribution in [2.45, 2.75) is 11.3 Å². The lowest BCUT2D eigenvalue weighted by Gasteiger charge is -2.17. The van der Waals surface area contributed by atoms with Crippen LogP contribution in [0.5, 0.6) is 0 Å². The first-order valence-electron chi connectivity index (χ1n) is 5.10. The first-order valence-corrected chi connectivity index (χ1v) is 6.64. The summed E-state index contributed by atoms with van der Waals surface area (Å²) < 4.78 is 73.7. The maximum atomic E-state index is 13.8. The number of nitrogens with zero attached hydrogens (tertiary/aromatic N) is 1. The Kier molecular flexibility index (Phi) is 4.71. The summed E-state index contributed by atoms with van der Waals surface area (Å²) in [5.74, 6) is -4.49. The van der Waals surface area contributed by atoms with E-state index in [0.717, 1.165) is 7.05 Å². The smallest absolute Gasteiger partial charge is 0.259 e. The van der Waals surface area contributed by atoms with Gasteiger partial charge in [-0.1, -0.05) is 0 Å². The zero-order valence-electron chi connectivity index (χ0n) is 10.1. The molecule has 0 aliphatic rings. The van der Waals surface area contributed by atoms with E-state index in [0.29, 0.717) is 17.0 Å². The third-order valence-electron chi connectivity index (χ3n) is 2.33. The molecule has 10 heteroatoms. The number of sulfonamides is 1. The molecule has 0 aliphatic heterocycles. The Morgan fingerprint density at radius 1 is 1.35 bits per heavy atom. The highest BCUT2D eigenvalue weighted by Gasteiger charge is 2.27. The molecule has 1 aromatic carbocycles. The molecule has 0 radical (unpaired) electrons. The van der Waals surface area contributed by atoms with Crippen LogP contribution in [0.3, 0.4) is 0 Å². The molecule has 1 rings (SSSR count). The summed E-state index contributed by atoms with van der Waals surface area (Å²) >= 11 is 0. The van der Waals surface area contributed by atoms with Crippen LogP contribution in [0.15, 0.2) is 17.0 Å². The van der Waals surface area contributed by atoms with Gasteiger partial charge in [-0.3, -0.25) is 4.79 Å². The van der Waals surface area contributed by atoms with Gasteiger partial charge in [-0.15, -0.1) is 0 Å². The molecule has 0 bridgehead atoms. The third kappa shape index (κ3) is 3.45. The second-order valence-corrected chi connectivity index (χ2v) is 5.39. The van der Waals surface area contributed by atoms with E-state index in [1.54, 1.807) is 0 Å². The maximum absolute atomic E-state index is 13.8. The van der Waals surface area contributed by atoms with Crippen molar-refractivity contribution < 1.29 is 30.8 Å². The number of alkyl halides is 2. The molecule has 112 valence electrons. The zero-order valence-corrected chi connectivity index (χ0v) is 10.9. The van der Waals surface area contributed by atoms with Crippen molar-refractivity contribution in [3.8, 4) is 0 Å². The van der Waals surface area contributed by atoms with Crippen LogP contribution in [0.1, 0.15) is 10.4 Å². The molecule has 0 saturated carbocycles. The minimum Gasteiger partial charge on any atom is -0.336 e. The molecule has 0 spiro atoms. The molecule has 1 amide bonds. The standard InChI is InChI=1S/C10H10F4N2O3S/c1-16(4-7(12)13)10(17)8-5(11)2-3-6(9(8)14)20(15,18)19/h2-3,7H,4H2,1H3,(H2,15,18,19). The first kappa shape index (κ1) is 16.4. The lowest BCUT2D eigenvalue weighted by atomic mass is 10.1. The van der Waals surface area contributed by atoms with Crippen LogP contribution in [0.2, 0.25) is 0 Å². The van der Waals surface area contributed by atoms with E-state index in [2.05, 4.69) is 0 Å². The number of halogens is 4. The number of nitrogens with two attached hydrogens (primary N) is 1. The van der Waals surface area contributed by atoms with E-state index < -0.39 is 51.0 Å². The number of hydrogen-bond donors (Lipinski definition) is 1. The van der Waals surface area contributed by atoms with Gasteiger partial charge in [-0.2, -0.15) is 0 Å². The normalized spacial score (nSPS) is 11.8. The zero-order chi connectivity index (χ0) is 15.7. The van der Waals surface area contributed by atoms with Crippen LogP contribution in [0.25, 0.3) is 0 Å². The van der Waals surface area contributed by atoms with Crippen LogP contribution in [-0.2, 0) is 10.0 Å². The highest BCUT2D eigenvalue weighted by molar-refractivity contribution is 7.89. The van der Waals surface area contributed by atoms with Gasteiger partial charge in [0, 0.05) is 7.05 Å². The van der Waals surface area contributed by atoms with E-state index >= 15 is 0 Å². The Balaban J connectivity index is 3.35. The molecule has 20 heavy (non-hydrogen) atoms. The Morgan fingerprint density at radius 2 is 1.90 bits per heavy atom. The minimum absolute atomic E-state index is 0.374. The molecule has 0 aliphatic carbocycles. The predicted molar refractivity (Wildman–Crippen MR) is 60.7 cm³/mol. The first-order chi connectivity index (χ1) is 9.05. The predicted octanol–water partition coefficient (Wildman–Crippen LogP) is 0.949. The molecule has 5 nitrogen and oxygen atoms in total. The second-order valence-electron chi connectivity index (χ2n) is 3.86. The van der Waals surface area contributed by atoms with E-state index in [1.807, 2.05) is 0 Å². The van der Waals surface area contributed by atoms with Gasteiger partial charge in [0.15, 0.2) is 5.82 Å². The SMILES string of the molecule is CN(CC(F)F)C(=O)c1c(F)ccc(S(N)(=O)=O)c1F. The summed E-state index contributed by atoms with van der Waals surface area (Å²) in [7, 11) is -3.62. The summed E-state index contributed by atoms with van der Waals surface area (Å²) in [6.45, 7) is -1.06. The maximum Gasteiger partial charge on any atom is 0.259 e. The quantitative estimate of drug-likeness (QED) is 0.840. The Labute approximate surface area is 112 Å². The van der Waals surface area contributed by atoms with Crippen molar-refractivity contribution in [3.63, 3.8) is 0 Å². The molecule has 0 fully saturated rings. The van der Waals surface area contributed by atoms with Crippen molar-refractivity contribution in [2.24, 2.45) is 5.14 Å². The number of primary sulfonamides is 1. The molecule has 2 N–H and O–H groups in total. The molecule has 0 atom stereocenters. The Bertz CT molecular complexity index is 634. The van der Waals surface area contributed by atoms with E-state index in [9.17, 15) is 30.8 Å². The topological polar surface area (TPSA) is 80.5 Å². The van der Waals surface area contributed by atoms with Crippen molar-refractivity contribution in [3.05, 3.63) is 29.3 Å². The Morgan fingerprint density at radius 3 is 2.35 bits per heavy atom. The fourth-order valence-corrected chi connectivity index (χ4v) is 2.04. The average molecular weight is 314 g/mol. The molecule has 0 aromatic heterocycles. The fraction of sp³-hybridized carbons (Fsp3) is 0.300. The summed E-state index contributed by atoms with van der Waals surface area (Å²) in [4.78, 5) is 11.0. The van der Waals surface area contributed by atoms with Crippen molar-refractivity contribution in [2.75, 3.05) is 13.6 Å². The molecular weight excluding hydrogens is 304 g/mol. The van der Waals surface area contributed by atoms with Gasteiger partial charge >= 0.3 is 0 Å². The molecule has 0 heterocycles. The number of rotatable bonds is 4. The number of benzene rings is 1. The minimum atomic E-state index is -4.52. The Hall–Kier alpha value is -1.68. The van der Waals surface area contributed by atoms with Gasteiger partial charge in [0.05, 0.1) is 6.54 Å². The van der Waals surface area contributed by atoms with Crippen LogP contribution in [0.4, 0.5) is 17.6 Å². The second kappa shape index (κ2) is 5.75. The van der Waals surface area contributed by atoms with Gasteiger partial charge in [-0.05, 0) is 12.1 Å². The average Bonchev–Trinajstić information content (AvgIpc) is 2.25. The summed E-state index contributed by atoms with van der Waals surface area (Å²) in [6.07, 6.45) is -2.91. The largest absolute Gasteiger partial charge is 0.336 e. The van der Waals surface area contributed by atoms with Gasteiger partial charge < -0.3 is 4.90 Å². The van der Waals surface area contributed by atoms with Crippen LogP contribution in [-0.4, -0.2) is 39.2 Å². The van der Waals surface area contributed by atoms with Crippen LogP contribution in [0, 0.1) is 11.6 Å². The lowest BCUT2D eigenvalue weighted by Crippen LogP contribution is -2.33. The van der Waals surface area contributed by atoms with Crippen molar-refractivity contribution in [1.29, 1.82) is 0 Å². The molecular formula is C10H10F4N2O3S. The van der Waals surface area contributed by atoms with Crippen molar-refractivity contribution in [1.82, 2.24) is 4.90 Å². The molecule has 1 aromatic rings. The van der Waals surface area contributed by atoms with E-state index in [1.165, 1.54) is 0 Å². The number of carbonyl (C=O) groups is 1.